The number of hydrogen-bond acceptors (Lipinski definition) is 2. The summed E-state index contributed by atoms with van der Waals surface area (Å²) in [7, 11) is 0. The number of aliphatic imine (C=N–C) groups is 1. The Labute approximate surface area is 117 Å². The van der Waals surface area contributed by atoms with Crippen LogP contribution in [0, 0.1) is 0 Å². The Morgan fingerprint density at radius 2 is 2.21 bits per heavy atom. The van der Waals surface area contributed by atoms with Gasteiger partial charge in [-0.1, -0.05) is 18.2 Å². The topological polar surface area (TPSA) is 50.4 Å². The lowest BCUT2D eigenvalue weighted by Gasteiger charge is -2.26. The van der Waals surface area contributed by atoms with Gasteiger partial charge in [-0.15, -0.1) is 11.3 Å². The number of nitrogens with zero attached hydrogens (tertiary/aromatic N) is 1. The second kappa shape index (κ2) is 5.61. The molecule has 1 aliphatic rings. The third-order valence-corrected chi connectivity index (χ3v) is 4.75. The summed E-state index contributed by atoms with van der Waals surface area (Å²) >= 11 is 1.85. The SMILES string of the molecule is NC(=NCCc1cc2ccccc2s1)NC1CCC1. The van der Waals surface area contributed by atoms with E-state index < -0.39 is 0 Å². The molecule has 4 heteroatoms. The molecule has 3 nitrogen and oxygen atoms in total. The van der Waals surface area contributed by atoms with Crippen LogP contribution in [0.5, 0.6) is 0 Å². The summed E-state index contributed by atoms with van der Waals surface area (Å²) in [4.78, 5) is 5.78. The van der Waals surface area contributed by atoms with Crippen molar-refractivity contribution in [3.63, 3.8) is 0 Å². The molecular weight excluding hydrogens is 254 g/mol. The maximum Gasteiger partial charge on any atom is 0.188 e. The van der Waals surface area contributed by atoms with Crippen LogP contribution in [0.4, 0.5) is 0 Å². The zero-order valence-electron chi connectivity index (χ0n) is 10.9. The van der Waals surface area contributed by atoms with E-state index in [2.05, 4.69) is 40.6 Å². The Bertz CT molecular complexity index is 551. The molecule has 1 heterocycles. The summed E-state index contributed by atoms with van der Waals surface area (Å²) in [6, 6.07) is 11.3. The summed E-state index contributed by atoms with van der Waals surface area (Å²) in [5.74, 6) is 0.603. The molecule has 0 bridgehead atoms. The molecule has 0 saturated heterocycles. The van der Waals surface area contributed by atoms with Gasteiger partial charge in [0, 0.05) is 28.6 Å². The Morgan fingerprint density at radius 3 is 2.95 bits per heavy atom. The first-order valence-corrected chi connectivity index (χ1v) is 7.67. The number of thiophene rings is 1. The first-order chi connectivity index (χ1) is 9.31. The first kappa shape index (κ1) is 12.5. The predicted octanol–water partition coefficient (Wildman–Crippen LogP) is 2.90. The molecule has 1 fully saturated rings. The summed E-state index contributed by atoms with van der Waals surface area (Å²) in [5, 5.41) is 4.59. The third kappa shape index (κ3) is 3.07. The van der Waals surface area contributed by atoms with E-state index in [1.165, 1.54) is 34.2 Å². The molecule has 0 amide bonds. The molecule has 19 heavy (non-hydrogen) atoms. The lowest BCUT2D eigenvalue weighted by Crippen LogP contribution is -2.43. The highest BCUT2D eigenvalue weighted by molar-refractivity contribution is 7.19. The van der Waals surface area contributed by atoms with Gasteiger partial charge >= 0.3 is 0 Å². The van der Waals surface area contributed by atoms with Crippen molar-refractivity contribution in [1.29, 1.82) is 0 Å². The second-order valence-corrected chi connectivity index (χ2v) is 6.21. The minimum absolute atomic E-state index is 0.563. The zero-order chi connectivity index (χ0) is 13.1. The van der Waals surface area contributed by atoms with Crippen LogP contribution in [-0.2, 0) is 6.42 Å². The molecule has 100 valence electrons. The molecule has 0 aliphatic heterocycles. The van der Waals surface area contributed by atoms with Gasteiger partial charge in [-0.3, -0.25) is 4.99 Å². The third-order valence-electron chi connectivity index (χ3n) is 3.57. The smallest absolute Gasteiger partial charge is 0.188 e. The van der Waals surface area contributed by atoms with Gasteiger partial charge in [0.2, 0.25) is 0 Å². The summed E-state index contributed by atoms with van der Waals surface area (Å²) in [6.45, 7) is 0.762. The fraction of sp³-hybridized carbons (Fsp3) is 0.400. The van der Waals surface area contributed by atoms with Crippen molar-refractivity contribution in [3.8, 4) is 0 Å². The fourth-order valence-corrected chi connectivity index (χ4v) is 3.31. The van der Waals surface area contributed by atoms with E-state index in [1.807, 2.05) is 11.3 Å². The molecule has 1 aliphatic carbocycles. The van der Waals surface area contributed by atoms with Crippen molar-refractivity contribution in [1.82, 2.24) is 5.32 Å². The van der Waals surface area contributed by atoms with E-state index in [-0.39, 0.29) is 0 Å². The number of nitrogens with two attached hydrogens (primary N) is 1. The van der Waals surface area contributed by atoms with Crippen molar-refractivity contribution in [3.05, 3.63) is 35.2 Å². The molecule has 3 N–H and O–H groups in total. The Kier molecular flexibility index (Phi) is 3.69. The molecule has 1 aromatic carbocycles. The molecule has 0 unspecified atom stereocenters. The summed E-state index contributed by atoms with van der Waals surface area (Å²) in [5.41, 5.74) is 5.87. The largest absolute Gasteiger partial charge is 0.370 e. The highest BCUT2D eigenvalue weighted by Gasteiger charge is 2.16. The lowest BCUT2D eigenvalue weighted by atomic mass is 9.93. The monoisotopic (exact) mass is 273 g/mol. The van der Waals surface area contributed by atoms with Gasteiger partial charge in [0.1, 0.15) is 0 Å². The molecule has 0 radical (unpaired) electrons. The molecule has 2 aromatic rings. The van der Waals surface area contributed by atoms with E-state index >= 15 is 0 Å². The van der Waals surface area contributed by atoms with Gasteiger partial charge < -0.3 is 11.1 Å². The number of rotatable bonds is 4. The van der Waals surface area contributed by atoms with Crippen LogP contribution in [0.2, 0.25) is 0 Å². The number of fused-ring (bicyclic) bond motifs is 1. The normalized spacial score (nSPS) is 16.5. The first-order valence-electron chi connectivity index (χ1n) is 6.85. The van der Waals surface area contributed by atoms with Gasteiger partial charge in [-0.25, -0.2) is 0 Å². The van der Waals surface area contributed by atoms with Crippen LogP contribution in [0.3, 0.4) is 0 Å². The average Bonchev–Trinajstić information content (AvgIpc) is 2.76. The standard InChI is InChI=1S/C15H19N3S/c16-15(18-12-5-3-6-12)17-9-8-13-10-11-4-1-2-7-14(11)19-13/h1-2,4,7,10,12H,3,5-6,8-9H2,(H3,16,17,18). The van der Waals surface area contributed by atoms with Crippen LogP contribution in [0.25, 0.3) is 10.1 Å². The maximum atomic E-state index is 5.87. The average molecular weight is 273 g/mol. The zero-order valence-corrected chi connectivity index (χ0v) is 11.7. The molecule has 3 rings (SSSR count). The second-order valence-electron chi connectivity index (χ2n) is 5.04. The molecule has 1 aromatic heterocycles. The van der Waals surface area contributed by atoms with Crippen LogP contribution >= 0.6 is 11.3 Å². The summed E-state index contributed by atoms with van der Waals surface area (Å²) < 4.78 is 1.35. The highest BCUT2D eigenvalue weighted by atomic mass is 32.1. The van der Waals surface area contributed by atoms with Crippen LogP contribution in [0.1, 0.15) is 24.1 Å². The van der Waals surface area contributed by atoms with E-state index in [0.29, 0.717) is 12.0 Å². The quantitative estimate of drug-likeness (QED) is 0.665. The minimum Gasteiger partial charge on any atom is -0.370 e. The van der Waals surface area contributed by atoms with Crippen molar-refractivity contribution in [2.24, 2.45) is 10.7 Å². The van der Waals surface area contributed by atoms with Gasteiger partial charge in [-0.05, 0) is 36.8 Å². The molecule has 0 atom stereocenters. The number of nitrogens with one attached hydrogen (secondary N) is 1. The number of guanidine groups is 1. The van der Waals surface area contributed by atoms with E-state index in [1.54, 1.807) is 0 Å². The van der Waals surface area contributed by atoms with Gasteiger partial charge in [-0.2, -0.15) is 0 Å². The van der Waals surface area contributed by atoms with Crippen LogP contribution < -0.4 is 11.1 Å². The fourth-order valence-electron chi connectivity index (χ4n) is 2.25. The lowest BCUT2D eigenvalue weighted by molar-refractivity contribution is 0.382. The van der Waals surface area contributed by atoms with Crippen LogP contribution in [0.15, 0.2) is 35.3 Å². The van der Waals surface area contributed by atoms with Crippen molar-refractivity contribution >= 4 is 27.4 Å². The van der Waals surface area contributed by atoms with Gasteiger partial charge in [0.25, 0.3) is 0 Å². The molecule has 0 spiro atoms. The molecule has 1 saturated carbocycles. The van der Waals surface area contributed by atoms with Crippen molar-refractivity contribution in [2.75, 3.05) is 6.54 Å². The van der Waals surface area contributed by atoms with Crippen LogP contribution in [-0.4, -0.2) is 18.5 Å². The highest BCUT2D eigenvalue weighted by Crippen LogP contribution is 2.25. The van der Waals surface area contributed by atoms with Crippen molar-refractivity contribution < 1.29 is 0 Å². The van der Waals surface area contributed by atoms with Gasteiger partial charge in [0.15, 0.2) is 5.96 Å². The van der Waals surface area contributed by atoms with E-state index in [4.69, 9.17) is 5.73 Å². The van der Waals surface area contributed by atoms with E-state index in [9.17, 15) is 0 Å². The number of benzene rings is 1. The maximum absolute atomic E-state index is 5.87. The van der Waals surface area contributed by atoms with E-state index in [0.717, 1.165) is 13.0 Å². The number of hydrogen-bond donors (Lipinski definition) is 2. The Morgan fingerprint density at radius 1 is 1.37 bits per heavy atom. The molecular formula is C15H19N3S. The minimum atomic E-state index is 0.563. The van der Waals surface area contributed by atoms with Crippen molar-refractivity contribution in [2.45, 2.75) is 31.7 Å². The van der Waals surface area contributed by atoms with Gasteiger partial charge in [0.05, 0.1) is 0 Å². The Hall–Kier alpha value is -1.55. The summed E-state index contributed by atoms with van der Waals surface area (Å²) in [6.07, 6.45) is 4.73. The predicted molar refractivity (Wildman–Crippen MR) is 82.8 cm³/mol. The Balaban J connectivity index is 1.54.